The summed E-state index contributed by atoms with van der Waals surface area (Å²) in [5.74, 6) is 1.31. The second kappa shape index (κ2) is 12.1. The van der Waals surface area contributed by atoms with Gasteiger partial charge in [-0.05, 0) is 36.3 Å². The Labute approximate surface area is 203 Å². The average molecular weight is 480 g/mol. The third kappa shape index (κ3) is 6.66. The number of amides is 1. The van der Waals surface area contributed by atoms with Gasteiger partial charge in [-0.2, -0.15) is 0 Å². The molecule has 1 amide bonds. The molecule has 0 spiro atoms. The molecule has 1 saturated heterocycles. The molecular formula is C25H29N5O5. The van der Waals surface area contributed by atoms with E-state index in [0.29, 0.717) is 23.9 Å². The average Bonchev–Trinajstić information content (AvgIpc) is 2.91. The Morgan fingerprint density at radius 1 is 1.17 bits per heavy atom. The van der Waals surface area contributed by atoms with Gasteiger partial charge in [-0.15, -0.1) is 0 Å². The van der Waals surface area contributed by atoms with E-state index in [9.17, 15) is 4.79 Å². The Balaban J connectivity index is 1.46. The number of carbonyl (C=O) groups is 1. The Morgan fingerprint density at radius 2 is 1.97 bits per heavy atom. The van der Waals surface area contributed by atoms with Gasteiger partial charge in [-0.3, -0.25) is 14.9 Å². The largest absolute Gasteiger partial charge is 0.493 e. The van der Waals surface area contributed by atoms with Gasteiger partial charge in [0.05, 0.1) is 32.4 Å². The minimum absolute atomic E-state index is 0.568. The molecule has 10 heteroatoms. The number of nitrogens with zero attached hydrogens (tertiary/aromatic N) is 3. The lowest BCUT2D eigenvalue weighted by molar-refractivity contribution is -0.124. The van der Waals surface area contributed by atoms with Crippen molar-refractivity contribution in [3.63, 3.8) is 0 Å². The van der Waals surface area contributed by atoms with E-state index in [1.54, 1.807) is 18.7 Å². The number of methoxy groups -OCH3 is 1. The summed E-state index contributed by atoms with van der Waals surface area (Å²) in [6, 6.07) is 11.2. The Kier molecular flexibility index (Phi) is 8.44. The smallest absolute Gasteiger partial charge is 0.267 e. The molecule has 2 heterocycles. The molecule has 1 aliphatic rings. The van der Waals surface area contributed by atoms with E-state index in [4.69, 9.17) is 19.4 Å². The number of hydroxylamine groups is 1. The van der Waals surface area contributed by atoms with E-state index in [2.05, 4.69) is 20.2 Å². The normalized spacial score (nSPS) is 14.2. The van der Waals surface area contributed by atoms with Crippen molar-refractivity contribution in [1.29, 1.82) is 0 Å². The van der Waals surface area contributed by atoms with Gasteiger partial charge < -0.3 is 19.5 Å². The van der Waals surface area contributed by atoms with E-state index in [-0.39, 0.29) is 0 Å². The van der Waals surface area contributed by atoms with E-state index < -0.39 is 5.91 Å². The second-order valence-corrected chi connectivity index (χ2v) is 7.95. The summed E-state index contributed by atoms with van der Waals surface area (Å²) >= 11 is 0. The molecule has 0 aliphatic carbocycles. The third-order valence-electron chi connectivity index (χ3n) is 5.61. The maximum absolute atomic E-state index is 11.1. The zero-order valence-corrected chi connectivity index (χ0v) is 19.6. The molecule has 0 atom stereocenters. The van der Waals surface area contributed by atoms with Crippen molar-refractivity contribution in [3.05, 3.63) is 54.4 Å². The summed E-state index contributed by atoms with van der Waals surface area (Å²) in [4.78, 5) is 22.3. The van der Waals surface area contributed by atoms with Crippen molar-refractivity contribution in [1.82, 2.24) is 20.3 Å². The summed E-state index contributed by atoms with van der Waals surface area (Å²) in [6.07, 6.45) is 5.25. The zero-order valence-electron chi connectivity index (χ0n) is 19.6. The van der Waals surface area contributed by atoms with Crippen LogP contribution in [0.25, 0.3) is 17.0 Å². The Bertz CT molecular complexity index is 1160. The van der Waals surface area contributed by atoms with Crippen LogP contribution < -0.4 is 20.3 Å². The van der Waals surface area contributed by atoms with Gasteiger partial charge >= 0.3 is 0 Å². The quantitative estimate of drug-likeness (QED) is 0.175. The first-order valence-electron chi connectivity index (χ1n) is 11.4. The molecule has 0 bridgehead atoms. The lowest BCUT2D eigenvalue weighted by Gasteiger charge is -2.26. The molecular weight excluding hydrogens is 450 g/mol. The van der Waals surface area contributed by atoms with Gasteiger partial charge in [0.1, 0.15) is 12.1 Å². The van der Waals surface area contributed by atoms with Gasteiger partial charge in [-0.1, -0.05) is 12.1 Å². The second-order valence-electron chi connectivity index (χ2n) is 7.95. The maximum Gasteiger partial charge on any atom is 0.267 e. The minimum atomic E-state index is -0.589. The van der Waals surface area contributed by atoms with E-state index in [1.165, 1.54) is 12.4 Å². The molecule has 0 unspecified atom stereocenters. The number of nitrogens with one attached hydrogen (secondary N) is 2. The lowest BCUT2D eigenvalue weighted by Crippen LogP contribution is -2.37. The maximum atomic E-state index is 11.1. The number of morpholine rings is 1. The molecule has 35 heavy (non-hydrogen) atoms. The molecule has 0 saturated carbocycles. The molecule has 4 rings (SSSR count). The van der Waals surface area contributed by atoms with Gasteiger partial charge in [0, 0.05) is 42.9 Å². The van der Waals surface area contributed by atoms with Crippen molar-refractivity contribution >= 4 is 34.4 Å². The molecule has 3 aromatic rings. The van der Waals surface area contributed by atoms with Crippen LogP contribution in [0.3, 0.4) is 0 Å². The molecule has 3 N–H and O–H groups in total. The molecule has 0 radical (unpaired) electrons. The fourth-order valence-corrected chi connectivity index (χ4v) is 3.75. The van der Waals surface area contributed by atoms with E-state index in [1.807, 2.05) is 36.4 Å². The summed E-state index contributed by atoms with van der Waals surface area (Å²) < 4.78 is 17.0. The molecule has 10 nitrogen and oxygen atoms in total. The monoisotopic (exact) mass is 479 g/mol. The molecule has 1 fully saturated rings. The fourth-order valence-electron chi connectivity index (χ4n) is 3.75. The van der Waals surface area contributed by atoms with Gasteiger partial charge in [0.2, 0.25) is 0 Å². The first kappa shape index (κ1) is 24.4. The van der Waals surface area contributed by atoms with Crippen LogP contribution in [0.5, 0.6) is 11.5 Å². The zero-order chi connectivity index (χ0) is 24.5. The van der Waals surface area contributed by atoms with Gasteiger partial charge in [0.25, 0.3) is 5.91 Å². The molecule has 1 aliphatic heterocycles. The summed E-state index contributed by atoms with van der Waals surface area (Å²) in [6.45, 7) is 5.02. The highest BCUT2D eigenvalue weighted by molar-refractivity contribution is 5.93. The highest BCUT2D eigenvalue weighted by Crippen LogP contribution is 2.34. The minimum Gasteiger partial charge on any atom is -0.493 e. The lowest BCUT2D eigenvalue weighted by atomic mass is 10.1. The number of hydrogen-bond donors (Lipinski definition) is 3. The van der Waals surface area contributed by atoms with Crippen molar-refractivity contribution in [2.45, 2.75) is 6.42 Å². The van der Waals surface area contributed by atoms with E-state index in [0.717, 1.165) is 61.4 Å². The van der Waals surface area contributed by atoms with Crippen LogP contribution in [0.2, 0.25) is 0 Å². The van der Waals surface area contributed by atoms with E-state index >= 15 is 0 Å². The number of fused-ring (bicyclic) bond motifs is 1. The predicted molar refractivity (Wildman–Crippen MR) is 132 cm³/mol. The number of aromatic nitrogens is 2. The van der Waals surface area contributed by atoms with Crippen LogP contribution in [0.1, 0.15) is 12.0 Å². The van der Waals surface area contributed by atoms with Crippen molar-refractivity contribution < 1.29 is 24.2 Å². The van der Waals surface area contributed by atoms with Crippen molar-refractivity contribution in [3.8, 4) is 11.5 Å². The first-order chi connectivity index (χ1) is 17.2. The Morgan fingerprint density at radius 3 is 2.71 bits per heavy atom. The topological polar surface area (TPSA) is 118 Å². The highest BCUT2D eigenvalue weighted by atomic mass is 16.5. The number of hydrogen-bond acceptors (Lipinski definition) is 9. The standard InChI is InChI=1S/C25H29N5O5/c1-33-22-16-21-20(15-23(22)35-12-2-9-30-10-13-34-14-11-30)25(27-17-26-21)28-19-6-3-18(4-7-19)5-8-24(31)29-32/h3-8,15-17,32H,2,9-14H2,1H3,(H,29,31)(H,26,27,28)/b8-5+. The summed E-state index contributed by atoms with van der Waals surface area (Å²) in [5, 5.41) is 12.7. The summed E-state index contributed by atoms with van der Waals surface area (Å²) in [5.41, 5.74) is 3.92. The SMILES string of the molecule is COc1cc2ncnc(Nc3ccc(/C=C/C(=O)NO)cc3)c2cc1OCCCN1CCOCC1. The van der Waals surface area contributed by atoms with Crippen LogP contribution >= 0.6 is 0 Å². The van der Waals surface area contributed by atoms with Crippen LogP contribution in [0, 0.1) is 0 Å². The number of benzene rings is 2. The first-order valence-corrected chi connectivity index (χ1v) is 11.4. The van der Waals surface area contributed by atoms with Crippen LogP contribution in [-0.2, 0) is 9.53 Å². The number of rotatable bonds is 10. The molecule has 1 aromatic heterocycles. The van der Waals surface area contributed by atoms with Crippen LogP contribution in [0.15, 0.2) is 48.8 Å². The fraction of sp³-hybridized carbons (Fsp3) is 0.320. The summed E-state index contributed by atoms with van der Waals surface area (Å²) in [7, 11) is 1.61. The predicted octanol–water partition coefficient (Wildman–Crippen LogP) is 3.00. The van der Waals surface area contributed by atoms with Crippen molar-refractivity contribution in [2.75, 3.05) is 51.9 Å². The third-order valence-corrected chi connectivity index (χ3v) is 5.61. The number of ether oxygens (including phenoxy) is 3. The number of carbonyl (C=O) groups excluding carboxylic acids is 1. The van der Waals surface area contributed by atoms with Gasteiger partial charge in [-0.25, -0.2) is 15.4 Å². The number of anilines is 2. The van der Waals surface area contributed by atoms with Crippen LogP contribution in [-0.4, -0.2) is 72.5 Å². The van der Waals surface area contributed by atoms with Gasteiger partial charge in [0.15, 0.2) is 11.5 Å². The van der Waals surface area contributed by atoms with Crippen LogP contribution in [0.4, 0.5) is 11.5 Å². The molecule has 184 valence electrons. The van der Waals surface area contributed by atoms with Crippen molar-refractivity contribution in [2.24, 2.45) is 0 Å². The molecule has 2 aromatic carbocycles. The Hall–Kier alpha value is -3.73. The highest BCUT2D eigenvalue weighted by Gasteiger charge is 2.13.